The van der Waals surface area contributed by atoms with Gasteiger partial charge in [-0.05, 0) is 26.2 Å². The lowest BCUT2D eigenvalue weighted by atomic mass is 9.74. The molecule has 2 atom stereocenters. The van der Waals surface area contributed by atoms with Crippen LogP contribution >= 0.6 is 0 Å². The summed E-state index contributed by atoms with van der Waals surface area (Å²) in [5.41, 5.74) is -0.918. The SMILES string of the molecule is COC(=O)C(C)C(C)(O)CC1CCC1. The molecule has 0 aromatic carbocycles. The van der Waals surface area contributed by atoms with Crippen LogP contribution in [0.1, 0.15) is 39.5 Å². The molecular formula is C11H20O3. The maximum absolute atomic E-state index is 11.3. The van der Waals surface area contributed by atoms with E-state index in [1.165, 1.54) is 26.4 Å². The number of carbonyl (C=O) groups is 1. The molecule has 0 aliphatic heterocycles. The number of rotatable bonds is 4. The molecule has 1 rings (SSSR count). The van der Waals surface area contributed by atoms with Crippen LogP contribution in [-0.2, 0) is 9.53 Å². The maximum atomic E-state index is 11.3. The fourth-order valence-corrected chi connectivity index (χ4v) is 1.89. The summed E-state index contributed by atoms with van der Waals surface area (Å²) in [7, 11) is 1.36. The summed E-state index contributed by atoms with van der Waals surface area (Å²) in [6.07, 6.45) is 4.34. The number of ether oxygens (including phenoxy) is 1. The van der Waals surface area contributed by atoms with Gasteiger partial charge in [0.2, 0.25) is 0 Å². The lowest BCUT2D eigenvalue weighted by Gasteiger charge is -2.35. The second-order valence-corrected chi connectivity index (χ2v) is 4.60. The van der Waals surface area contributed by atoms with Gasteiger partial charge in [0, 0.05) is 0 Å². The van der Waals surface area contributed by atoms with Gasteiger partial charge in [0.1, 0.15) is 0 Å². The summed E-state index contributed by atoms with van der Waals surface area (Å²) in [6.45, 7) is 3.46. The quantitative estimate of drug-likeness (QED) is 0.703. The third-order valence-corrected chi connectivity index (χ3v) is 3.41. The van der Waals surface area contributed by atoms with Crippen molar-refractivity contribution in [1.29, 1.82) is 0 Å². The molecule has 0 bridgehead atoms. The van der Waals surface area contributed by atoms with Crippen LogP contribution in [0.2, 0.25) is 0 Å². The summed E-state index contributed by atoms with van der Waals surface area (Å²) in [4.78, 5) is 11.3. The summed E-state index contributed by atoms with van der Waals surface area (Å²) >= 11 is 0. The van der Waals surface area contributed by atoms with Gasteiger partial charge in [-0.2, -0.15) is 0 Å². The molecule has 1 N–H and O–H groups in total. The van der Waals surface area contributed by atoms with Gasteiger partial charge in [-0.1, -0.05) is 19.3 Å². The molecular weight excluding hydrogens is 180 g/mol. The zero-order valence-electron chi connectivity index (χ0n) is 9.25. The van der Waals surface area contributed by atoms with Crippen molar-refractivity contribution in [3.63, 3.8) is 0 Å². The van der Waals surface area contributed by atoms with E-state index in [0.717, 1.165) is 0 Å². The lowest BCUT2D eigenvalue weighted by molar-refractivity contribution is -0.155. The van der Waals surface area contributed by atoms with Crippen LogP contribution < -0.4 is 0 Å². The van der Waals surface area contributed by atoms with Gasteiger partial charge in [-0.3, -0.25) is 4.79 Å². The van der Waals surface area contributed by atoms with Gasteiger partial charge >= 0.3 is 5.97 Å². The number of esters is 1. The topological polar surface area (TPSA) is 46.5 Å². The number of hydrogen-bond acceptors (Lipinski definition) is 3. The molecule has 0 amide bonds. The number of aliphatic hydroxyl groups is 1. The Bertz CT molecular complexity index is 207. The Morgan fingerprint density at radius 2 is 2.21 bits per heavy atom. The van der Waals surface area contributed by atoms with E-state index in [1.54, 1.807) is 13.8 Å². The molecule has 14 heavy (non-hydrogen) atoms. The van der Waals surface area contributed by atoms with Crippen molar-refractivity contribution < 1.29 is 14.6 Å². The molecule has 3 nitrogen and oxygen atoms in total. The molecule has 2 unspecified atom stereocenters. The number of hydrogen-bond donors (Lipinski definition) is 1. The second-order valence-electron chi connectivity index (χ2n) is 4.60. The minimum atomic E-state index is -0.918. The van der Waals surface area contributed by atoms with Crippen molar-refractivity contribution in [1.82, 2.24) is 0 Å². The Balaban J connectivity index is 2.48. The van der Waals surface area contributed by atoms with Crippen molar-refractivity contribution in [2.75, 3.05) is 7.11 Å². The molecule has 0 spiro atoms. The van der Waals surface area contributed by atoms with Crippen LogP contribution in [0.3, 0.4) is 0 Å². The summed E-state index contributed by atoms with van der Waals surface area (Å²) in [5, 5.41) is 10.1. The summed E-state index contributed by atoms with van der Waals surface area (Å²) < 4.78 is 4.63. The lowest BCUT2D eigenvalue weighted by Crippen LogP contribution is -2.41. The predicted octanol–water partition coefficient (Wildman–Crippen LogP) is 1.74. The first-order chi connectivity index (χ1) is 6.47. The van der Waals surface area contributed by atoms with Gasteiger partial charge < -0.3 is 9.84 Å². The molecule has 3 heteroatoms. The highest BCUT2D eigenvalue weighted by Crippen LogP contribution is 2.36. The standard InChI is InChI=1S/C11H20O3/c1-8(10(12)14-3)11(2,13)7-9-5-4-6-9/h8-9,13H,4-7H2,1-3H3. The Hall–Kier alpha value is -0.570. The van der Waals surface area contributed by atoms with Crippen LogP contribution in [0.15, 0.2) is 0 Å². The average molecular weight is 200 g/mol. The van der Waals surface area contributed by atoms with Crippen molar-refractivity contribution in [2.24, 2.45) is 11.8 Å². The van der Waals surface area contributed by atoms with Gasteiger partial charge in [0.15, 0.2) is 0 Å². The van der Waals surface area contributed by atoms with Gasteiger partial charge in [0.05, 0.1) is 18.6 Å². The largest absolute Gasteiger partial charge is 0.469 e. The molecule has 1 saturated carbocycles. The van der Waals surface area contributed by atoms with E-state index >= 15 is 0 Å². The fraction of sp³-hybridized carbons (Fsp3) is 0.909. The molecule has 1 aliphatic rings. The van der Waals surface area contributed by atoms with Crippen LogP contribution in [0.4, 0.5) is 0 Å². The third-order valence-electron chi connectivity index (χ3n) is 3.41. The molecule has 0 saturated heterocycles. The van der Waals surface area contributed by atoms with Crippen molar-refractivity contribution in [2.45, 2.75) is 45.1 Å². The van der Waals surface area contributed by atoms with Crippen LogP contribution in [0.25, 0.3) is 0 Å². The summed E-state index contributed by atoms with van der Waals surface area (Å²) in [5.74, 6) is -0.167. The maximum Gasteiger partial charge on any atom is 0.311 e. The smallest absolute Gasteiger partial charge is 0.311 e. The highest BCUT2D eigenvalue weighted by atomic mass is 16.5. The van der Waals surface area contributed by atoms with Crippen LogP contribution in [0, 0.1) is 11.8 Å². The molecule has 0 aromatic rings. The van der Waals surface area contributed by atoms with E-state index in [0.29, 0.717) is 12.3 Å². The predicted molar refractivity (Wildman–Crippen MR) is 53.8 cm³/mol. The highest BCUT2D eigenvalue weighted by Gasteiger charge is 2.37. The van der Waals surface area contributed by atoms with E-state index in [-0.39, 0.29) is 5.97 Å². The van der Waals surface area contributed by atoms with Crippen molar-refractivity contribution in [3.8, 4) is 0 Å². The zero-order valence-corrected chi connectivity index (χ0v) is 9.25. The van der Waals surface area contributed by atoms with Crippen molar-refractivity contribution >= 4 is 5.97 Å². The van der Waals surface area contributed by atoms with E-state index in [2.05, 4.69) is 4.74 Å². The van der Waals surface area contributed by atoms with E-state index in [4.69, 9.17) is 0 Å². The van der Waals surface area contributed by atoms with Gasteiger partial charge in [0.25, 0.3) is 0 Å². The number of carbonyl (C=O) groups excluding carboxylic acids is 1. The fourth-order valence-electron chi connectivity index (χ4n) is 1.89. The monoisotopic (exact) mass is 200 g/mol. The minimum Gasteiger partial charge on any atom is -0.469 e. The Morgan fingerprint density at radius 3 is 2.57 bits per heavy atom. The highest BCUT2D eigenvalue weighted by molar-refractivity contribution is 5.73. The molecule has 1 fully saturated rings. The Morgan fingerprint density at radius 1 is 1.64 bits per heavy atom. The minimum absolute atomic E-state index is 0.325. The molecule has 0 heterocycles. The second kappa shape index (κ2) is 4.30. The van der Waals surface area contributed by atoms with Crippen LogP contribution in [-0.4, -0.2) is 23.8 Å². The van der Waals surface area contributed by atoms with Crippen LogP contribution in [0.5, 0.6) is 0 Å². The van der Waals surface area contributed by atoms with E-state index in [1.807, 2.05) is 0 Å². The summed E-state index contributed by atoms with van der Waals surface area (Å²) in [6, 6.07) is 0. The molecule has 0 aromatic heterocycles. The molecule has 1 aliphatic carbocycles. The first-order valence-corrected chi connectivity index (χ1v) is 5.27. The average Bonchev–Trinajstić information content (AvgIpc) is 2.09. The Kier molecular flexibility index (Phi) is 3.53. The van der Waals surface area contributed by atoms with E-state index in [9.17, 15) is 9.90 Å². The van der Waals surface area contributed by atoms with Gasteiger partial charge in [-0.25, -0.2) is 0 Å². The molecule has 0 radical (unpaired) electrons. The third kappa shape index (κ3) is 2.47. The first-order valence-electron chi connectivity index (χ1n) is 5.27. The zero-order chi connectivity index (χ0) is 10.8. The normalized spacial score (nSPS) is 23.4. The molecule has 82 valence electrons. The van der Waals surface area contributed by atoms with Crippen molar-refractivity contribution in [3.05, 3.63) is 0 Å². The first kappa shape index (κ1) is 11.5. The Labute approximate surface area is 85.5 Å². The van der Waals surface area contributed by atoms with E-state index < -0.39 is 11.5 Å². The van der Waals surface area contributed by atoms with Gasteiger partial charge in [-0.15, -0.1) is 0 Å². The number of methoxy groups -OCH3 is 1.